The molecule has 1 atom stereocenters. The number of fused-ring (bicyclic) bond motifs is 1. The Morgan fingerprint density at radius 1 is 1.02 bits per heavy atom. The molecule has 5 heterocycles. The zero-order valence-corrected chi connectivity index (χ0v) is 25.8. The topological polar surface area (TPSA) is 91.2 Å². The minimum atomic E-state index is -0.136. The minimum Gasteiger partial charge on any atom is -0.370 e. The highest BCUT2D eigenvalue weighted by Gasteiger charge is 2.39. The SMILES string of the molecule is C[C@@H]1C(=O)N(C)CCN1CCOCC(=O)N1CCC2(CC1)CCN(c1ccc(-c3cn(C)c(=O)c4c3C=CC4)cn1)CC2. The van der Waals surface area contributed by atoms with Crippen LogP contribution in [0.4, 0.5) is 5.82 Å². The Morgan fingerprint density at radius 3 is 2.49 bits per heavy atom. The number of piperazine rings is 1. The van der Waals surface area contributed by atoms with E-state index < -0.39 is 0 Å². The van der Waals surface area contributed by atoms with Gasteiger partial charge in [0, 0.05) is 89.0 Å². The molecule has 0 aromatic carbocycles. The number of ether oxygens (including phenoxy) is 1. The summed E-state index contributed by atoms with van der Waals surface area (Å²) in [5, 5.41) is 0. The number of piperidine rings is 2. The first-order valence-corrected chi connectivity index (χ1v) is 15.7. The van der Waals surface area contributed by atoms with Gasteiger partial charge in [-0.25, -0.2) is 4.98 Å². The number of pyridine rings is 2. The molecule has 2 amide bonds. The van der Waals surface area contributed by atoms with Crippen LogP contribution in [0.15, 0.2) is 35.4 Å². The lowest BCUT2D eigenvalue weighted by Gasteiger charge is -2.47. The smallest absolute Gasteiger partial charge is 0.254 e. The molecule has 0 saturated carbocycles. The molecule has 43 heavy (non-hydrogen) atoms. The molecule has 0 unspecified atom stereocenters. The lowest BCUT2D eigenvalue weighted by Crippen LogP contribution is -2.55. The van der Waals surface area contributed by atoms with Crippen LogP contribution in [-0.2, 0) is 27.8 Å². The van der Waals surface area contributed by atoms with E-state index >= 15 is 0 Å². The van der Waals surface area contributed by atoms with Crippen molar-refractivity contribution in [3.63, 3.8) is 0 Å². The Labute approximate surface area is 253 Å². The van der Waals surface area contributed by atoms with Gasteiger partial charge in [0.1, 0.15) is 12.4 Å². The Kier molecular flexibility index (Phi) is 8.42. The second-order valence-corrected chi connectivity index (χ2v) is 12.8. The van der Waals surface area contributed by atoms with E-state index in [0.717, 1.165) is 93.0 Å². The molecular weight excluding hydrogens is 544 g/mol. The molecule has 0 N–H and O–H groups in total. The molecule has 3 aliphatic heterocycles. The summed E-state index contributed by atoms with van der Waals surface area (Å²) in [5.74, 6) is 1.21. The highest BCUT2D eigenvalue weighted by atomic mass is 16.5. The van der Waals surface area contributed by atoms with Crippen LogP contribution in [0, 0.1) is 5.41 Å². The van der Waals surface area contributed by atoms with Gasteiger partial charge in [0.05, 0.1) is 12.6 Å². The Balaban J connectivity index is 0.952. The minimum absolute atomic E-state index is 0.0682. The number of hydrogen-bond donors (Lipinski definition) is 0. The standard InChI is InChI=1S/C33H44N6O4/c1-24-31(41)35(2)17-18-37(24)19-20-43-23-30(40)39-15-11-33(12-16-39)9-13-38(14-10-33)29-8-7-25(21-34-29)28-22-36(3)32(42)27-6-4-5-26(27)28/h4-5,7-8,21-22,24H,6,9-20,23H2,1-3H3/t24-/m1/s1. The normalized spacial score (nSPS) is 22.0. The van der Waals surface area contributed by atoms with Crippen LogP contribution in [-0.4, -0.2) is 108 Å². The molecule has 0 bridgehead atoms. The fourth-order valence-corrected chi connectivity index (χ4v) is 7.19. The van der Waals surface area contributed by atoms with Crippen molar-refractivity contribution < 1.29 is 14.3 Å². The van der Waals surface area contributed by atoms with Gasteiger partial charge in [-0.3, -0.25) is 19.3 Å². The number of aryl methyl sites for hydroxylation is 1. The molecule has 3 saturated heterocycles. The van der Waals surface area contributed by atoms with Gasteiger partial charge in [-0.05, 0) is 62.1 Å². The number of hydrogen-bond acceptors (Lipinski definition) is 7. The molecule has 0 radical (unpaired) electrons. The second-order valence-electron chi connectivity index (χ2n) is 12.8. The largest absolute Gasteiger partial charge is 0.370 e. The zero-order chi connectivity index (χ0) is 30.1. The van der Waals surface area contributed by atoms with E-state index in [4.69, 9.17) is 9.72 Å². The van der Waals surface area contributed by atoms with Crippen LogP contribution in [0.1, 0.15) is 43.7 Å². The molecule has 10 heteroatoms. The van der Waals surface area contributed by atoms with Crippen LogP contribution in [0.5, 0.6) is 0 Å². The summed E-state index contributed by atoms with van der Waals surface area (Å²) < 4.78 is 7.41. The predicted octanol–water partition coefficient (Wildman–Crippen LogP) is 2.40. The average molecular weight is 589 g/mol. The molecular formula is C33H44N6O4. The fraction of sp³-hybridized carbons (Fsp3) is 0.576. The molecule has 4 aliphatic rings. The highest BCUT2D eigenvalue weighted by molar-refractivity contribution is 5.82. The highest BCUT2D eigenvalue weighted by Crippen LogP contribution is 2.42. The van der Waals surface area contributed by atoms with Crippen molar-refractivity contribution in [3.8, 4) is 11.1 Å². The van der Waals surface area contributed by atoms with Crippen molar-refractivity contribution in [2.24, 2.45) is 12.5 Å². The van der Waals surface area contributed by atoms with Crippen molar-refractivity contribution in [3.05, 3.63) is 52.1 Å². The predicted molar refractivity (Wildman–Crippen MR) is 167 cm³/mol. The van der Waals surface area contributed by atoms with Gasteiger partial charge in [0.15, 0.2) is 0 Å². The zero-order valence-electron chi connectivity index (χ0n) is 25.8. The van der Waals surface area contributed by atoms with Crippen molar-refractivity contribution in [1.82, 2.24) is 24.3 Å². The third-order valence-electron chi connectivity index (χ3n) is 10.3. The number of aromatic nitrogens is 2. The summed E-state index contributed by atoms with van der Waals surface area (Å²) in [5.41, 5.74) is 4.33. The fourth-order valence-electron chi connectivity index (χ4n) is 7.19. The van der Waals surface area contributed by atoms with E-state index in [0.29, 0.717) is 25.0 Å². The quantitative estimate of drug-likeness (QED) is 0.459. The maximum absolute atomic E-state index is 12.8. The van der Waals surface area contributed by atoms with Gasteiger partial charge in [-0.1, -0.05) is 12.2 Å². The summed E-state index contributed by atoms with van der Waals surface area (Å²) >= 11 is 0. The average Bonchev–Trinajstić information content (AvgIpc) is 3.52. The van der Waals surface area contributed by atoms with Crippen LogP contribution in [0.2, 0.25) is 0 Å². The molecule has 230 valence electrons. The van der Waals surface area contributed by atoms with E-state index in [1.807, 2.05) is 38.3 Å². The number of allylic oxidation sites excluding steroid dienone is 1. The monoisotopic (exact) mass is 588 g/mol. The van der Waals surface area contributed by atoms with E-state index in [-0.39, 0.29) is 30.0 Å². The Morgan fingerprint density at radius 2 is 1.77 bits per heavy atom. The Hall–Kier alpha value is -3.50. The molecule has 10 nitrogen and oxygen atoms in total. The Bertz CT molecular complexity index is 1430. The summed E-state index contributed by atoms with van der Waals surface area (Å²) in [6.07, 6.45) is 12.9. The third kappa shape index (κ3) is 5.99. The number of likely N-dealkylation sites (tertiary alicyclic amines) is 1. The maximum Gasteiger partial charge on any atom is 0.254 e. The summed E-state index contributed by atoms with van der Waals surface area (Å²) in [6, 6.07) is 4.09. The van der Waals surface area contributed by atoms with E-state index in [9.17, 15) is 14.4 Å². The van der Waals surface area contributed by atoms with Crippen LogP contribution >= 0.6 is 0 Å². The van der Waals surface area contributed by atoms with Crippen LogP contribution in [0.25, 0.3) is 17.2 Å². The van der Waals surface area contributed by atoms with Gasteiger partial charge in [0.25, 0.3) is 5.56 Å². The molecule has 6 rings (SSSR count). The molecule has 1 spiro atoms. The third-order valence-corrected chi connectivity index (χ3v) is 10.3. The molecule has 1 aliphatic carbocycles. The summed E-state index contributed by atoms with van der Waals surface area (Å²) in [4.78, 5) is 50.6. The molecule has 2 aromatic heterocycles. The first-order valence-electron chi connectivity index (χ1n) is 15.7. The second kappa shape index (κ2) is 12.2. The first-order chi connectivity index (χ1) is 20.7. The number of rotatable bonds is 7. The van der Waals surface area contributed by atoms with Gasteiger partial charge in [-0.2, -0.15) is 0 Å². The first kappa shape index (κ1) is 29.6. The van der Waals surface area contributed by atoms with Crippen molar-refractivity contribution in [2.75, 3.05) is 71.0 Å². The number of amides is 2. The molecule has 2 aromatic rings. The van der Waals surface area contributed by atoms with Gasteiger partial charge < -0.3 is 24.0 Å². The van der Waals surface area contributed by atoms with Gasteiger partial charge in [-0.15, -0.1) is 0 Å². The van der Waals surface area contributed by atoms with Crippen molar-refractivity contribution in [1.29, 1.82) is 0 Å². The lowest BCUT2D eigenvalue weighted by atomic mass is 9.71. The number of nitrogens with zero attached hydrogens (tertiary/aromatic N) is 6. The number of anilines is 1. The van der Waals surface area contributed by atoms with Gasteiger partial charge in [0.2, 0.25) is 11.8 Å². The maximum atomic E-state index is 12.8. The van der Waals surface area contributed by atoms with E-state index in [1.54, 1.807) is 9.47 Å². The summed E-state index contributed by atoms with van der Waals surface area (Å²) in [7, 11) is 3.65. The molecule has 3 fully saturated rings. The van der Waals surface area contributed by atoms with Gasteiger partial charge >= 0.3 is 0 Å². The summed E-state index contributed by atoms with van der Waals surface area (Å²) in [6.45, 7) is 8.25. The van der Waals surface area contributed by atoms with E-state index in [1.165, 1.54) is 0 Å². The lowest BCUT2D eigenvalue weighted by molar-refractivity contribution is -0.142. The number of likely N-dealkylation sites (N-methyl/N-ethyl adjacent to an activating group) is 1. The number of carbonyl (C=O) groups excluding carboxylic acids is 2. The van der Waals surface area contributed by atoms with Crippen molar-refractivity contribution in [2.45, 2.75) is 45.1 Å². The van der Waals surface area contributed by atoms with Crippen LogP contribution < -0.4 is 10.5 Å². The van der Waals surface area contributed by atoms with Crippen LogP contribution in [0.3, 0.4) is 0 Å². The number of carbonyl (C=O) groups is 2. The van der Waals surface area contributed by atoms with E-state index in [2.05, 4.69) is 34.1 Å². The van der Waals surface area contributed by atoms with Crippen molar-refractivity contribution >= 4 is 23.7 Å².